The van der Waals surface area contributed by atoms with E-state index in [1.165, 1.54) is 44.1 Å². The number of hydrogen-bond donors (Lipinski definition) is 0. The van der Waals surface area contributed by atoms with Crippen molar-refractivity contribution in [2.45, 2.75) is 58.3 Å². The Hall–Kier alpha value is -1.84. The number of aromatic nitrogens is 1. The van der Waals surface area contributed by atoms with Crippen LogP contribution in [0.25, 0.3) is 11.1 Å². The highest BCUT2D eigenvalue weighted by atomic mass is 19.2. The average Bonchev–Trinajstić information content (AvgIpc) is 2.65. The van der Waals surface area contributed by atoms with E-state index in [0.29, 0.717) is 17.4 Å². The third-order valence-corrected chi connectivity index (χ3v) is 5.93. The molecule has 0 bridgehead atoms. The van der Waals surface area contributed by atoms with Gasteiger partial charge in [0, 0.05) is 5.56 Å². The molecule has 1 aliphatic carbocycles. The topological polar surface area (TPSA) is 12.9 Å². The molecule has 0 amide bonds. The summed E-state index contributed by atoms with van der Waals surface area (Å²) in [5, 5.41) is 0. The summed E-state index contributed by atoms with van der Waals surface area (Å²) in [6.45, 7) is 4.50. The molecule has 0 radical (unpaired) electrons. The van der Waals surface area contributed by atoms with Gasteiger partial charge in [0.25, 0.3) is 5.95 Å². The van der Waals surface area contributed by atoms with Gasteiger partial charge in [-0.1, -0.05) is 63.8 Å². The summed E-state index contributed by atoms with van der Waals surface area (Å²) in [7, 11) is 0. The lowest BCUT2D eigenvalue weighted by Crippen LogP contribution is -2.19. The van der Waals surface area contributed by atoms with Gasteiger partial charge < -0.3 is 0 Å². The molecule has 1 saturated carbocycles. The van der Waals surface area contributed by atoms with E-state index in [1.807, 2.05) is 12.1 Å². The van der Waals surface area contributed by atoms with Gasteiger partial charge in [-0.05, 0) is 47.8 Å². The maximum Gasteiger partial charge on any atom is 0.251 e. The van der Waals surface area contributed by atoms with Gasteiger partial charge in [0.1, 0.15) is 0 Å². The second kappa shape index (κ2) is 8.24. The summed E-state index contributed by atoms with van der Waals surface area (Å²) < 4.78 is 40.2. The molecule has 2 aromatic rings. The van der Waals surface area contributed by atoms with Gasteiger partial charge in [0.2, 0.25) is 5.95 Å². The van der Waals surface area contributed by atoms with Crippen LogP contribution in [0.4, 0.5) is 13.2 Å². The zero-order valence-electron chi connectivity index (χ0n) is 15.4. The summed E-state index contributed by atoms with van der Waals surface area (Å²) in [5.41, 5.74) is 1.71. The first-order chi connectivity index (χ1) is 12.5. The fourth-order valence-electron chi connectivity index (χ4n) is 4.27. The van der Waals surface area contributed by atoms with Crippen molar-refractivity contribution in [1.82, 2.24) is 4.98 Å². The molecule has 0 N–H and O–H groups in total. The van der Waals surface area contributed by atoms with Gasteiger partial charge in [0.15, 0.2) is 5.82 Å². The molecule has 1 aliphatic rings. The molecule has 3 rings (SSSR count). The SMILES string of the molecule is CCCC1CCC(C(C)c2ccc(-c3cc(F)c(F)nc3F)cc2)CC1. The average molecular weight is 361 g/mol. The molecule has 1 aromatic heterocycles. The summed E-state index contributed by atoms with van der Waals surface area (Å²) in [5.74, 6) is -1.53. The Morgan fingerprint density at radius 3 is 2.27 bits per heavy atom. The molecular weight excluding hydrogens is 335 g/mol. The van der Waals surface area contributed by atoms with Gasteiger partial charge in [-0.15, -0.1) is 0 Å². The molecule has 1 atom stereocenters. The van der Waals surface area contributed by atoms with E-state index in [4.69, 9.17) is 0 Å². The molecule has 1 nitrogen and oxygen atoms in total. The van der Waals surface area contributed by atoms with Crippen LogP contribution in [0.3, 0.4) is 0 Å². The minimum atomic E-state index is -1.41. The van der Waals surface area contributed by atoms with Crippen molar-refractivity contribution in [3.05, 3.63) is 53.6 Å². The molecule has 26 heavy (non-hydrogen) atoms. The Morgan fingerprint density at radius 2 is 1.65 bits per heavy atom. The smallest absolute Gasteiger partial charge is 0.202 e. The number of nitrogens with zero attached hydrogens (tertiary/aromatic N) is 1. The normalized spacial score (nSPS) is 21.6. The van der Waals surface area contributed by atoms with E-state index in [9.17, 15) is 13.2 Å². The number of pyridine rings is 1. The van der Waals surface area contributed by atoms with Crippen molar-refractivity contribution in [2.24, 2.45) is 11.8 Å². The van der Waals surface area contributed by atoms with Crippen molar-refractivity contribution >= 4 is 0 Å². The van der Waals surface area contributed by atoms with Crippen LogP contribution >= 0.6 is 0 Å². The van der Waals surface area contributed by atoms with Gasteiger partial charge in [0.05, 0.1) is 0 Å². The van der Waals surface area contributed by atoms with E-state index in [-0.39, 0.29) is 5.56 Å². The van der Waals surface area contributed by atoms with Crippen LogP contribution in [0.5, 0.6) is 0 Å². The van der Waals surface area contributed by atoms with E-state index in [1.54, 1.807) is 12.1 Å². The molecule has 1 fully saturated rings. The van der Waals surface area contributed by atoms with E-state index >= 15 is 0 Å². The number of halogens is 3. The van der Waals surface area contributed by atoms with E-state index < -0.39 is 17.7 Å². The van der Waals surface area contributed by atoms with Crippen molar-refractivity contribution < 1.29 is 13.2 Å². The van der Waals surface area contributed by atoms with Crippen molar-refractivity contribution in [3.63, 3.8) is 0 Å². The first kappa shape index (κ1) is 18.9. The highest BCUT2D eigenvalue weighted by Gasteiger charge is 2.25. The quantitative estimate of drug-likeness (QED) is 0.529. The van der Waals surface area contributed by atoms with Gasteiger partial charge in [-0.2, -0.15) is 13.8 Å². The number of rotatable bonds is 5. The second-order valence-electron chi connectivity index (χ2n) is 7.58. The molecule has 4 heteroatoms. The Balaban J connectivity index is 1.71. The third kappa shape index (κ3) is 4.11. The number of hydrogen-bond acceptors (Lipinski definition) is 1. The summed E-state index contributed by atoms with van der Waals surface area (Å²) in [6.07, 6.45) is 7.75. The van der Waals surface area contributed by atoms with Crippen LogP contribution in [0, 0.1) is 29.5 Å². The lowest BCUT2D eigenvalue weighted by atomic mass is 9.73. The Kier molecular flexibility index (Phi) is 6.00. The summed E-state index contributed by atoms with van der Waals surface area (Å²) in [4.78, 5) is 2.99. The summed E-state index contributed by atoms with van der Waals surface area (Å²) in [6, 6.07) is 8.35. The van der Waals surface area contributed by atoms with Crippen molar-refractivity contribution in [1.29, 1.82) is 0 Å². The van der Waals surface area contributed by atoms with E-state index in [0.717, 1.165) is 12.0 Å². The second-order valence-corrected chi connectivity index (χ2v) is 7.58. The minimum Gasteiger partial charge on any atom is -0.202 e. The Labute approximate surface area is 153 Å². The fraction of sp³-hybridized carbons (Fsp3) is 0.500. The first-order valence-electron chi connectivity index (χ1n) is 9.61. The third-order valence-electron chi connectivity index (χ3n) is 5.93. The van der Waals surface area contributed by atoms with Crippen LogP contribution in [0.2, 0.25) is 0 Å². The predicted octanol–water partition coefficient (Wildman–Crippen LogP) is 6.88. The molecule has 140 valence electrons. The monoisotopic (exact) mass is 361 g/mol. The molecule has 0 spiro atoms. The van der Waals surface area contributed by atoms with Crippen LogP contribution in [-0.2, 0) is 0 Å². The highest BCUT2D eigenvalue weighted by Crippen LogP contribution is 2.39. The van der Waals surface area contributed by atoms with Crippen LogP contribution in [0.1, 0.15) is 63.9 Å². The molecule has 0 aliphatic heterocycles. The van der Waals surface area contributed by atoms with Crippen molar-refractivity contribution in [3.8, 4) is 11.1 Å². The standard InChI is InChI=1S/C22H26F3N/c1-3-4-15-5-7-16(8-6-15)14(2)17-9-11-18(12-10-17)19-13-20(23)22(25)26-21(19)24/h9-16H,3-8H2,1-2H3. The maximum absolute atomic E-state index is 13.8. The molecule has 1 unspecified atom stereocenters. The van der Waals surface area contributed by atoms with Crippen LogP contribution in [-0.4, -0.2) is 4.98 Å². The zero-order chi connectivity index (χ0) is 18.7. The van der Waals surface area contributed by atoms with E-state index in [2.05, 4.69) is 18.8 Å². The first-order valence-corrected chi connectivity index (χ1v) is 9.61. The maximum atomic E-state index is 13.8. The zero-order valence-corrected chi connectivity index (χ0v) is 15.4. The minimum absolute atomic E-state index is 0.0109. The lowest BCUT2D eigenvalue weighted by Gasteiger charge is -2.32. The Bertz CT molecular complexity index is 734. The Morgan fingerprint density at radius 1 is 1.00 bits per heavy atom. The molecule has 1 aromatic carbocycles. The predicted molar refractivity (Wildman–Crippen MR) is 98.3 cm³/mol. The summed E-state index contributed by atoms with van der Waals surface area (Å²) >= 11 is 0. The fourth-order valence-corrected chi connectivity index (χ4v) is 4.27. The van der Waals surface area contributed by atoms with Crippen LogP contribution < -0.4 is 0 Å². The van der Waals surface area contributed by atoms with Crippen LogP contribution in [0.15, 0.2) is 30.3 Å². The molecular formula is C22H26F3N. The molecule has 1 heterocycles. The van der Waals surface area contributed by atoms with Gasteiger partial charge >= 0.3 is 0 Å². The van der Waals surface area contributed by atoms with Crippen molar-refractivity contribution in [2.75, 3.05) is 0 Å². The van der Waals surface area contributed by atoms with Gasteiger partial charge in [-0.25, -0.2) is 4.39 Å². The lowest BCUT2D eigenvalue weighted by molar-refractivity contribution is 0.239. The molecule has 0 saturated heterocycles. The van der Waals surface area contributed by atoms with Gasteiger partial charge in [-0.3, -0.25) is 0 Å². The largest absolute Gasteiger partial charge is 0.251 e. The number of benzene rings is 1. The highest BCUT2D eigenvalue weighted by molar-refractivity contribution is 5.63.